The number of urea groups is 1. The molecule has 1 aromatic heterocycles. The Labute approximate surface area is 259 Å². The number of nitrogens with zero attached hydrogens (tertiary/aromatic N) is 3. The molecule has 1 saturated heterocycles. The average molecular weight is 591 g/mol. The number of imidazole rings is 1. The van der Waals surface area contributed by atoms with Gasteiger partial charge in [0.05, 0.1) is 36.8 Å². The van der Waals surface area contributed by atoms with E-state index in [0.717, 1.165) is 73.8 Å². The summed E-state index contributed by atoms with van der Waals surface area (Å²) in [5.74, 6) is 0.930. The monoisotopic (exact) mass is 590 g/mol. The second-order valence-electron chi connectivity index (χ2n) is 11.6. The zero-order chi connectivity index (χ0) is 30.1. The molecule has 3 N–H and O–H groups in total. The molecule has 4 aromatic carbocycles. The van der Waals surface area contributed by atoms with Crippen LogP contribution in [0, 0.1) is 0 Å². The standard InChI is InChI=1S/C36H42N6O2/c1-27(31-11-6-9-30-8-2-3-10-32(30)31)38-36(43)42(19-7-18-41-20-22-44-23-21-41)26-29-16-14-28(15-17-29)24-37-25-35-39-33-12-4-5-13-34(33)40-35/h2-6,8-17,27,37H,7,18-26H2,1H3,(H,38,43)(H,39,40)/t27-/m0/s1. The number of para-hydroxylation sites is 2. The number of rotatable bonds is 12. The van der Waals surface area contributed by atoms with Crippen LogP contribution in [0.3, 0.4) is 0 Å². The van der Waals surface area contributed by atoms with Gasteiger partial charge in [-0.2, -0.15) is 0 Å². The van der Waals surface area contributed by atoms with Crippen molar-refractivity contribution >= 4 is 27.8 Å². The molecule has 0 aliphatic carbocycles. The molecule has 8 heteroatoms. The highest BCUT2D eigenvalue weighted by atomic mass is 16.5. The first-order valence-electron chi connectivity index (χ1n) is 15.7. The number of hydrogen-bond donors (Lipinski definition) is 3. The Morgan fingerprint density at radius 2 is 1.68 bits per heavy atom. The van der Waals surface area contributed by atoms with Crippen LogP contribution >= 0.6 is 0 Å². The van der Waals surface area contributed by atoms with E-state index >= 15 is 0 Å². The van der Waals surface area contributed by atoms with Gasteiger partial charge in [0.15, 0.2) is 0 Å². The number of carbonyl (C=O) groups is 1. The molecule has 2 heterocycles. The van der Waals surface area contributed by atoms with Gasteiger partial charge >= 0.3 is 6.03 Å². The first-order chi connectivity index (χ1) is 21.6. The SMILES string of the molecule is C[C@H](NC(=O)N(CCCN1CCOCC1)Cc1ccc(CNCc2nc3ccccc3[nH]2)cc1)c1cccc2ccccc12. The Bertz CT molecular complexity index is 1620. The highest BCUT2D eigenvalue weighted by Crippen LogP contribution is 2.24. The number of H-pyrrole nitrogens is 1. The molecule has 44 heavy (non-hydrogen) atoms. The molecular weight excluding hydrogens is 548 g/mol. The maximum Gasteiger partial charge on any atom is 0.318 e. The summed E-state index contributed by atoms with van der Waals surface area (Å²) in [5.41, 5.74) is 5.48. The lowest BCUT2D eigenvalue weighted by Crippen LogP contribution is -2.43. The Kier molecular flexibility index (Phi) is 9.82. The van der Waals surface area contributed by atoms with E-state index in [2.05, 4.69) is 93.1 Å². The summed E-state index contributed by atoms with van der Waals surface area (Å²) in [4.78, 5) is 26.1. The number of ether oxygens (including phenoxy) is 1. The van der Waals surface area contributed by atoms with Crippen LogP contribution in [0.4, 0.5) is 4.79 Å². The molecule has 1 aliphatic rings. The summed E-state index contributed by atoms with van der Waals surface area (Å²) in [5, 5.41) is 9.13. The predicted molar refractivity (Wildman–Crippen MR) is 176 cm³/mol. The van der Waals surface area contributed by atoms with Gasteiger partial charge in [-0.3, -0.25) is 4.90 Å². The van der Waals surface area contributed by atoms with Crippen LogP contribution in [0.25, 0.3) is 21.8 Å². The van der Waals surface area contributed by atoms with Gasteiger partial charge in [-0.25, -0.2) is 9.78 Å². The fourth-order valence-corrected chi connectivity index (χ4v) is 5.94. The molecule has 5 aromatic rings. The van der Waals surface area contributed by atoms with Gasteiger partial charge in [-0.05, 0) is 52.9 Å². The molecule has 0 saturated carbocycles. The van der Waals surface area contributed by atoms with E-state index in [1.807, 2.05) is 35.2 Å². The molecule has 8 nitrogen and oxygen atoms in total. The minimum Gasteiger partial charge on any atom is -0.379 e. The van der Waals surface area contributed by atoms with Gasteiger partial charge in [0.1, 0.15) is 5.82 Å². The first-order valence-corrected chi connectivity index (χ1v) is 15.7. The highest BCUT2D eigenvalue weighted by Gasteiger charge is 2.19. The molecule has 6 rings (SSSR count). The van der Waals surface area contributed by atoms with Gasteiger partial charge in [-0.15, -0.1) is 0 Å². The highest BCUT2D eigenvalue weighted by molar-refractivity contribution is 5.86. The summed E-state index contributed by atoms with van der Waals surface area (Å²) >= 11 is 0. The molecule has 0 bridgehead atoms. The van der Waals surface area contributed by atoms with E-state index in [1.165, 1.54) is 16.3 Å². The largest absolute Gasteiger partial charge is 0.379 e. The smallest absolute Gasteiger partial charge is 0.318 e. The lowest BCUT2D eigenvalue weighted by Gasteiger charge is -2.29. The third kappa shape index (κ3) is 7.63. The number of amides is 2. The fourth-order valence-electron chi connectivity index (χ4n) is 5.94. The van der Waals surface area contributed by atoms with Gasteiger partial charge in [0.2, 0.25) is 0 Å². The van der Waals surface area contributed by atoms with Crippen molar-refractivity contribution in [3.05, 3.63) is 114 Å². The number of hydrogen-bond acceptors (Lipinski definition) is 5. The van der Waals surface area contributed by atoms with Crippen molar-refractivity contribution in [3.63, 3.8) is 0 Å². The Morgan fingerprint density at radius 3 is 2.52 bits per heavy atom. The zero-order valence-electron chi connectivity index (χ0n) is 25.5. The number of aromatic amines is 1. The number of fused-ring (bicyclic) bond motifs is 2. The van der Waals surface area contributed by atoms with Crippen molar-refractivity contribution in [3.8, 4) is 0 Å². The lowest BCUT2D eigenvalue weighted by molar-refractivity contribution is 0.0364. The molecule has 1 fully saturated rings. The molecule has 228 valence electrons. The quantitative estimate of drug-likeness (QED) is 0.166. The molecule has 2 amide bonds. The summed E-state index contributed by atoms with van der Waals surface area (Å²) in [6, 6.07) is 31.1. The van der Waals surface area contributed by atoms with E-state index in [4.69, 9.17) is 4.74 Å². The Balaban J connectivity index is 1.07. The van der Waals surface area contributed by atoms with Crippen molar-refractivity contribution in [2.45, 2.75) is 39.0 Å². The second-order valence-corrected chi connectivity index (χ2v) is 11.6. The topological polar surface area (TPSA) is 85.5 Å². The van der Waals surface area contributed by atoms with Crippen LogP contribution in [-0.4, -0.2) is 65.2 Å². The lowest BCUT2D eigenvalue weighted by atomic mass is 10.00. The van der Waals surface area contributed by atoms with Crippen molar-refractivity contribution in [2.75, 3.05) is 39.4 Å². The summed E-state index contributed by atoms with van der Waals surface area (Å²) in [6.45, 7) is 9.16. The Morgan fingerprint density at radius 1 is 0.932 bits per heavy atom. The minimum absolute atomic E-state index is 0.0380. The predicted octanol–water partition coefficient (Wildman–Crippen LogP) is 6.00. The van der Waals surface area contributed by atoms with Crippen molar-refractivity contribution in [2.24, 2.45) is 0 Å². The average Bonchev–Trinajstić information content (AvgIpc) is 3.48. The second kappa shape index (κ2) is 14.5. The maximum absolute atomic E-state index is 13.7. The third-order valence-electron chi connectivity index (χ3n) is 8.38. The number of morpholine rings is 1. The minimum atomic E-state index is -0.115. The van der Waals surface area contributed by atoms with Crippen LogP contribution in [0.5, 0.6) is 0 Å². The van der Waals surface area contributed by atoms with Gasteiger partial charge in [-0.1, -0.05) is 78.9 Å². The van der Waals surface area contributed by atoms with Gasteiger partial charge in [0.25, 0.3) is 0 Å². The van der Waals surface area contributed by atoms with Crippen molar-refractivity contribution < 1.29 is 9.53 Å². The van der Waals surface area contributed by atoms with Crippen LogP contribution in [0.15, 0.2) is 91.0 Å². The summed E-state index contributed by atoms with van der Waals surface area (Å²) < 4.78 is 5.50. The fraction of sp³-hybridized carbons (Fsp3) is 0.333. The molecule has 1 aliphatic heterocycles. The van der Waals surface area contributed by atoms with E-state index in [9.17, 15) is 4.79 Å². The van der Waals surface area contributed by atoms with Gasteiger partial charge < -0.3 is 25.3 Å². The van der Waals surface area contributed by atoms with E-state index < -0.39 is 0 Å². The van der Waals surface area contributed by atoms with Crippen LogP contribution in [-0.2, 0) is 24.4 Å². The van der Waals surface area contributed by atoms with Crippen molar-refractivity contribution in [1.29, 1.82) is 0 Å². The molecule has 0 radical (unpaired) electrons. The van der Waals surface area contributed by atoms with Crippen LogP contribution in [0.1, 0.15) is 41.9 Å². The summed E-state index contributed by atoms with van der Waals surface area (Å²) in [6.07, 6.45) is 0.917. The van der Waals surface area contributed by atoms with Crippen LogP contribution in [0.2, 0.25) is 0 Å². The Hall–Kier alpha value is -4.24. The molecule has 0 spiro atoms. The zero-order valence-corrected chi connectivity index (χ0v) is 25.5. The molecule has 1 atom stereocenters. The number of nitrogens with one attached hydrogen (secondary N) is 3. The normalized spacial score (nSPS) is 14.6. The number of benzene rings is 4. The number of aromatic nitrogens is 2. The van der Waals surface area contributed by atoms with E-state index in [0.29, 0.717) is 19.6 Å². The third-order valence-corrected chi connectivity index (χ3v) is 8.38. The van der Waals surface area contributed by atoms with E-state index in [-0.39, 0.29) is 12.1 Å². The summed E-state index contributed by atoms with van der Waals surface area (Å²) in [7, 11) is 0. The van der Waals surface area contributed by atoms with Crippen LogP contribution < -0.4 is 10.6 Å². The molecule has 0 unspecified atom stereocenters. The van der Waals surface area contributed by atoms with Crippen molar-refractivity contribution in [1.82, 2.24) is 30.4 Å². The first kappa shape index (κ1) is 29.8. The maximum atomic E-state index is 13.7. The van der Waals surface area contributed by atoms with Gasteiger partial charge in [0, 0.05) is 39.3 Å². The number of carbonyl (C=O) groups excluding carboxylic acids is 1. The molecular formula is C36H42N6O2. The van der Waals surface area contributed by atoms with E-state index in [1.54, 1.807) is 0 Å².